The van der Waals surface area contributed by atoms with Gasteiger partial charge >= 0.3 is 0 Å². The van der Waals surface area contributed by atoms with Crippen molar-refractivity contribution in [1.82, 2.24) is 10.2 Å². The van der Waals surface area contributed by atoms with E-state index in [4.69, 9.17) is 0 Å². The van der Waals surface area contributed by atoms with Crippen molar-refractivity contribution < 1.29 is 4.79 Å². The minimum Gasteiger partial charge on any atom is -0.349 e. The molecule has 0 saturated carbocycles. The fraction of sp³-hybridized carbons (Fsp3) is 0.562. The van der Waals surface area contributed by atoms with Crippen molar-refractivity contribution >= 4 is 5.91 Å². The van der Waals surface area contributed by atoms with E-state index >= 15 is 0 Å². The maximum atomic E-state index is 12.2. The molecule has 3 heteroatoms. The van der Waals surface area contributed by atoms with Gasteiger partial charge in [0.15, 0.2) is 0 Å². The number of nitrogens with one attached hydrogen (secondary N) is 1. The van der Waals surface area contributed by atoms with E-state index in [0.29, 0.717) is 12.1 Å². The third-order valence-electron chi connectivity index (χ3n) is 3.98. The lowest BCUT2D eigenvalue weighted by atomic mass is 10.0. The number of amides is 1. The van der Waals surface area contributed by atoms with Gasteiger partial charge in [-0.25, -0.2) is 0 Å². The van der Waals surface area contributed by atoms with E-state index < -0.39 is 0 Å². The van der Waals surface area contributed by atoms with Crippen LogP contribution in [-0.2, 0) is 0 Å². The Hall–Kier alpha value is -1.35. The first kappa shape index (κ1) is 14.1. The summed E-state index contributed by atoms with van der Waals surface area (Å²) in [5, 5.41) is 3.17. The number of rotatable bonds is 3. The Bertz CT molecular complexity index is 434. The highest BCUT2D eigenvalue weighted by Crippen LogP contribution is 2.14. The molecule has 1 saturated heterocycles. The molecule has 1 N–H and O–H groups in total. The lowest BCUT2D eigenvalue weighted by Gasteiger charge is -2.34. The van der Waals surface area contributed by atoms with E-state index in [9.17, 15) is 4.79 Å². The summed E-state index contributed by atoms with van der Waals surface area (Å²) < 4.78 is 0. The molecule has 2 rings (SSSR count). The molecule has 19 heavy (non-hydrogen) atoms. The van der Waals surface area contributed by atoms with Gasteiger partial charge in [0.1, 0.15) is 0 Å². The van der Waals surface area contributed by atoms with E-state index in [1.165, 1.54) is 0 Å². The summed E-state index contributed by atoms with van der Waals surface area (Å²) in [6, 6.07) is 8.69. The molecule has 1 aromatic rings. The molecule has 0 aliphatic carbocycles. The van der Waals surface area contributed by atoms with Crippen molar-refractivity contribution in [2.24, 2.45) is 0 Å². The third kappa shape index (κ3) is 3.57. The summed E-state index contributed by atoms with van der Waals surface area (Å²) in [5.41, 5.74) is 1.84. The summed E-state index contributed by atoms with van der Waals surface area (Å²) in [6.45, 7) is 8.60. The van der Waals surface area contributed by atoms with Crippen LogP contribution in [0.1, 0.15) is 42.6 Å². The van der Waals surface area contributed by atoms with E-state index in [0.717, 1.165) is 37.1 Å². The van der Waals surface area contributed by atoms with E-state index in [2.05, 4.69) is 24.1 Å². The number of carbonyl (C=O) groups is 1. The molecule has 1 amide bonds. The second-order valence-corrected chi connectivity index (χ2v) is 5.69. The van der Waals surface area contributed by atoms with Crippen LogP contribution in [0.3, 0.4) is 0 Å². The molecule has 0 radical (unpaired) electrons. The fourth-order valence-corrected chi connectivity index (χ4v) is 2.65. The summed E-state index contributed by atoms with van der Waals surface area (Å²) in [5.74, 6) is 0.0705. The average molecular weight is 260 g/mol. The Labute approximate surface area is 116 Å². The number of benzene rings is 1. The number of nitrogens with zero attached hydrogens (tertiary/aromatic N) is 1. The molecule has 1 aliphatic rings. The Morgan fingerprint density at radius 3 is 2.47 bits per heavy atom. The Morgan fingerprint density at radius 2 is 1.89 bits per heavy atom. The van der Waals surface area contributed by atoms with Crippen molar-refractivity contribution in [3.63, 3.8) is 0 Å². The molecule has 3 nitrogen and oxygen atoms in total. The smallest absolute Gasteiger partial charge is 0.251 e. The fourth-order valence-electron chi connectivity index (χ4n) is 2.65. The second kappa shape index (κ2) is 6.20. The third-order valence-corrected chi connectivity index (χ3v) is 3.98. The predicted molar refractivity (Wildman–Crippen MR) is 78.4 cm³/mol. The van der Waals surface area contributed by atoms with Crippen molar-refractivity contribution in [2.45, 2.75) is 45.7 Å². The van der Waals surface area contributed by atoms with Gasteiger partial charge in [0.2, 0.25) is 0 Å². The molecular weight excluding hydrogens is 236 g/mol. The molecular formula is C16H24N2O. The highest BCUT2D eigenvalue weighted by Gasteiger charge is 2.22. The lowest BCUT2D eigenvalue weighted by Crippen LogP contribution is -2.46. The number of likely N-dealkylation sites (tertiary alicyclic amines) is 1. The van der Waals surface area contributed by atoms with Crippen LogP contribution >= 0.6 is 0 Å². The van der Waals surface area contributed by atoms with Gasteiger partial charge in [0.05, 0.1) is 0 Å². The van der Waals surface area contributed by atoms with Gasteiger partial charge in [-0.05, 0) is 45.2 Å². The van der Waals surface area contributed by atoms with Gasteiger partial charge in [-0.2, -0.15) is 0 Å². The highest BCUT2D eigenvalue weighted by atomic mass is 16.1. The maximum Gasteiger partial charge on any atom is 0.251 e. The average Bonchev–Trinajstić information content (AvgIpc) is 2.39. The first-order valence-electron chi connectivity index (χ1n) is 7.18. The second-order valence-electron chi connectivity index (χ2n) is 5.69. The Morgan fingerprint density at radius 1 is 1.26 bits per heavy atom. The van der Waals surface area contributed by atoms with Crippen molar-refractivity contribution in [3.05, 3.63) is 35.4 Å². The van der Waals surface area contributed by atoms with Crippen LogP contribution < -0.4 is 5.32 Å². The van der Waals surface area contributed by atoms with Crippen molar-refractivity contribution in [2.75, 3.05) is 13.1 Å². The van der Waals surface area contributed by atoms with Crippen LogP contribution in [0.4, 0.5) is 0 Å². The van der Waals surface area contributed by atoms with Gasteiger partial charge in [-0.1, -0.05) is 18.2 Å². The van der Waals surface area contributed by atoms with Gasteiger partial charge < -0.3 is 10.2 Å². The molecule has 0 spiro atoms. The minimum atomic E-state index is 0.0705. The number of piperidine rings is 1. The van der Waals surface area contributed by atoms with E-state index in [1.807, 2.05) is 31.2 Å². The molecule has 0 aromatic heterocycles. The Balaban J connectivity index is 1.89. The highest BCUT2D eigenvalue weighted by molar-refractivity contribution is 5.95. The standard InChI is InChI=1S/C16H24N2O/c1-12(2)18-10-8-14(9-11-18)17-16(19)15-7-5-4-6-13(15)3/h4-7,12,14H,8-11H2,1-3H3,(H,17,19). The van der Waals surface area contributed by atoms with Crippen molar-refractivity contribution in [3.8, 4) is 0 Å². The molecule has 104 valence electrons. The van der Waals surface area contributed by atoms with Gasteiger partial charge in [-0.15, -0.1) is 0 Å². The van der Waals surface area contributed by atoms with E-state index in [-0.39, 0.29) is 5.91 Å². The molecule has 1 heterocycles. The summed E-state index contributed by atoms with van der Waals surface area (Å²) in [7, 11) is 0. The van der Waals surface area contributed by atoms with Crippen LogP contribution in [0.15, 0.2) is 24.3 Å². The number of hydrogen-bond donors (Lipinski definition) is 1. The summed E-state index contributed by atoms with van der Waals surface area (Å²) >= 11 is 0. The predicted octanol–water partition coefficient (Wildman–Crippen LogP) is 2.60. The van der Waals surface area contributed by atoms with Crippen LogP contribution in [0.5, 0.6) is 0 Å². The first-order valence-corrected chi connectivity index (χ1v) is 7.18. The van der Waals surface area contributed by atoms with Crippen LogP contribution in [0.25, 0.3) is 0 Å². The van der Waals surface area contributed by atoms with Gasteiger partial charge in [-0.3, -0.25) is 4.79 Å². The van der Waals surface area contributed by atoms with E-state index in [1.54, 1.807) is 0 Å². The SMILES string of the molecule is Cc1ccccc1C(=O)NC1CCN(C(C)C)CC1. The zero-order valence-corrected chi connectivity index (χ0v) is 12.1. The number of carbonyl (C=O) groups excluding carboxylic acids is 1. The van der Waals surface area contributed by atoms with Gasteiger partial charge in [0, 0.05) is 30.7 Å². The molecule has 1 fully saturated rings. The van der Waals surface area contributed by atoms with Crippen LogP contribution in [-0.4, -0.2) is 36.0 Å². The van der Waals surface area contributed by atoms with Gasteiger partial charge in [0.25, 0.3) is 5.91 Å². The molecule has 1 aliphatic heterocycles. The largest absolute Gasteiger partial charge is 0.349 e. The zero-order valence-electron chi connectivity index (χ0n) is 12.1. The molecule has 1 aromatic carbocycles. The number of aryl methyl sites for hydroxylation is 1. The topological polar surface area (TPSA) is 32.3 Å². The lowest BCUT2D eigenvalue weighted by molar-refractivity contribution is 0.0900. The monoisotopic (exact) mass is 260 g/mol. The molecule has 0 bridgehead atoms. The van der Waals surface area contributed by atoms with Crippen LogP contribution in [0.2, 0.25) is 0 Å². The number of hydrogen-bond acceptors (Lipinski definition) is 2. The first-order chi connectivity index (χ1) is 9.08. The maximum absolute atomic E-state index is 12.2. The normalized spacial score (nSPS) is 17.7. The summed E-state index contributed by atoms with van der Waals surface area (Å²) in [4.78, 5) is 14.7. The molecule has 0 unspecified atom stereocenters. The van der Waals surface area contributed by atoms with Crippen molar-refractivity contribution in [1.29, 1.82) is 0 Å². The quantitative estimate of drug-likeness (QED) is 0.906. The van der Waals surface area contributed by atoms with Crippen LogP contribution in [0, 0.1) is 6.92 Å². The Kier molecular flexibility index (Phi) is 4.59. The molecule has 0 atom stereocenters. The zero-order chi connectivity index (χ0) is 13.8. The summed E-state index contributed by atoms with van der Waals surface area (Å²) in [6.07, 6.45) is 2.10. The minimum absolute atomic E-state index is 0.0705.